The van der Waals surface area contributed by atoms with Crippen LogP contribution < -0.4 is 20.5 Å². The summed E-state index contributed by atoms with van der Waals surface area (Å²) < 4.78 is 15.6. The van der Waals surface area contributed by atoms with Gasteiger partial charge in [0.1, 0.15) is 0 Å². The van der Waals surface area contributed by atoms with Crippen molar-refractivity contribution in [2.24, 2.45) is 5.73 Å². The van der Waals surface area contributed by atoms with E-state index in [1.54, 1.807) is 6.07 Å². The maximum atomic E-state index is 11.9. The molecule has 1 rings (SSSR count). The van der Waals surface area contributed by atoms with E-state index in [9.17, 15) is 14.4 Å². The van der Waals surface area contributed by atoms with Crippen molar-refractivity contribution in [3.8, 4) is 11.5 Å². The molecule has 0 heterocycles. The third-order valence-corrected chi connectivity index (χ3v) is 2.95. The molecule has 0 saturated heterocycles. The molecule has 0 unspecified atom stereocenters. The second kappa shape index (κ2) is 10.1. The van der Waals surface area contributed by atoms with Gasteiger partial charge in [0.05, 0.1) is 25.8 Å². The first-order chi connectivity index (χ1) is 11.5. The Kier molecular flexibility index (Phi) is 8.10. The minimum Gasteiger partial charge on any atom is -0.493 e. The normalized spacial score (nSPS) is 9.92. The molecule has 0 fully saturated rings. The maximum absolute atomic E-state index is 11.9. The van der Waals surface area contributed by atoms with Crippen LogP contribution in [-0.4, -0.2) is 44.7 Å². The highest BCUT2D eigenvalue weighted by molar-refractivity contribution is 5.92. The smallest absolute Gasteiger partial charge is 0.338 e. The number of ether oxygens (including phenoxy) is 3. The summed E-state index contributed by atoms with van der Waals surface area (Å²) in [6.45, 7) is 1.78. The molecule has 1 aromatic carbocycles. The third kappa shape index (κ3) is 6.55. The van der Waals surface area contributed by atoms with Gasteiger partial charge < -0.3 is 25.3 Å². The van der Waals surface area contributed by atoms with Crippen LogP contribution in [-0.2, 0) is 14.3 Å². The summed E-state index contributed by atoms with van der Waals surface area (Å²) in [5.74, 6) is -1.06. The Bertz CT molecular complexity index is 588. The number of nitrogens with one attached hydrogen (secondary N) is 1. The number of amides is 2. The van der Waals surface area contributed by atoms with E-state index in [0.717, 1.165) is 12.8 Å². The first kappa shape index (κ1) is 19.3. The second-order valence-corrected chi connectivity index (χ2v) is 4.89. The van der Waals surface area contributed by atoms with Crippen LogP contribution in [0.4, 0.5) is 0 Å². The molecule has 24 heavy (non-hydrogen) atoms. The molecule has 8 nitrogen and oxygen atoms in total. The van der Waals surface area contributed by atoms with Crippen LogP contribution in [0.1, 0.15) is 30.1 Å². The second-order valence-electron chi connectivity index (χ2n) is 4.89. The largest absolute Gasteiger partial charge is 0.493 e. The van der Waals surface area contributed by atoms with Crippen molar-refractivity contribution in [2.75, 3.05) is 26.9 Å². The highest BCUT2D eigenvalue weighted by atomic mass is 16.5. The monoisotopic (exact) mass is 338 g/mol. The minimum absolute atomic E-state index is 0.220. The van der Waals surface area contributed by atoms with Gasteiger partial charge in [-0.25, -0.2) is 4.79 Å². The molecular weight excluding hydrogens is 316 g/mol. The van der Waals surface area contributed by atoms with E-state index in [4.69, 9.17) is 19.9 Å². The van der Waals surface area contributed by atoms with Crippen molar-refractivity contribution in [1.29, 1.82) is 0 Å². The molecule has 0 aliphatic rings. The Hall–Kier alpha value is -2.77. The number of benzene rings is 1. The van der Waals surface area contributed by atoms with Crippen LogP contribution in [0, 0.1) is 0 Å². The summed E-state index contributed by atoms with van der Waals surface area (Å²) in [5, 5.41) is 2.21. The Morgan fingerprint density at radius 1 is 1.21 bits per heavy atom. The molecule has 132 valence electrons. The van der Waals surface area contributed by atoms with Crippen LogP contribution in [0.15, 0.2) is 18.2 Å². The average molecular weight is 338 g/mol. The maximum Gasteiger partial charge on any atom is 0.338 e. The van der Waals surface area contributed by atoms with E-state index in [1.807, 2.05) is 0 Å². The Morgan fingerprint density at radius 3 is 2.58 bits per heavy atom. The van der Waals surface area contributed by atoms with E-state index >= 15 is 0 Å². The molecule has 8 heteroatoms. The van der Waals surface area contributed by atoms with Gasteiger partial charge >= 0.3 is 5.97 Å². The highest BCUT2D eigenvalue weighted by Crippen LogP contribution is 2.28. The molecule has 0 spiro atoms. The lowest BCUT2D eigenvalue weighted by atomic mass is 10.2. The number of hydrogen-bond donors (Lipinski definition) is 2. The van der Waals surface area contributed by atoms with E-state index < -0.39 is 24.4 Å². The Labute approximate surface area is 140 Å². The molecule has 0 aliphatic carbocycles. The Morgan fingerprint density at radius 2 is 1.96 bits per heavy atom. The number of hydrogen-bond acceptors (Lipinski definition) is 6. The predicted octanol–water partition coefficient (Wildman–Crippen LogP) is 0.632. The van der Waals surface area contributed by atoms with Gasteiger partial charge in [0.2, 0.25) is 5.91 Å². The number of methoxy groups -OCH3 is 1. The molecule has 3 N–H and O–H groups in total. The zero-order chi connectivity index (χ0) is 17.9. The fourth-order valence-corrected chi connectivity index (χ4v) is 1.69. The summed E-state index contributed by atoms with van der Waals surface area (Å²) in [6, 6.07) is 4.61. The van der Waals surface area contributed by atoms with Gasteiger partial charge in [0.25, 0.3) is 5.91 Å². The topological polar surface area (TPSA) is 117 Å². The molecular formula is C16H22N2O6. The number of primary amides is 1. The quantitative estimate of drug-likeness (QED) is 0.477. The number of rotatable bonds is 10. The molecule has 0 aromatic heterocycles. The summed E-state index contributed by atoms with van der Waals surface area (Å²) in [6.07, 6.45) is 1.91. The number of esters is 1. The molecule has 0 atom stereocenters. The van der Waals surface area contributed by atoms with E-state index in [1.165, 1.54) is 19.2 Å². The highest BCUT2D eigenvalue weighted by Gasteiger charge is 2.14. The Balaban J connectivity index is 2.60. The average Bonchev–Trinajstić information content (AvgIpc) is 2.58. The van der Waals surface area contributed by atoms with Gasteiger partial charge in [0, 0.05) is 0 Å². The SMILES string of the molecule is CCCCOc1ccc(C(=O)OCC(=O)NCC(N)=O)cc1OC. The number of carbonyl (C=O) groups is 3. The van der Waals surface area contributed by atoms with Crippen LogP contribution >= 0.6 is 0 Å². The van der Waals surface area contributed by atoms with Crippen molar-refractivity contribution in [1.82, 2.24) is 5.32 Å². The van der Waals surface area contributed by atoms with Gasteiger partial charge in [-0.15, -0.1) is 0 Å². The zero-order valence-electron chi connectivity index (χ0n) is 13.8. The van der Waals surface area contributed by atoms with Gasteiger partial charge in [-0.3, -0.25) is 9.59 Å². The molecule has 0 bridgehead atoms. The third-order valence-electron chi connectivity index (χ3n) is 2.95. The molecule has 0 aliphatic heterocycles. The summed E-state index contributed by atoms with van der Waals surface area (Å²) in [5.41, 5.74) is 5.11. The molecule has 1 aromatic rings. The fraction of sp³-hybridized carbons (Fsp3) is 0.438. The van der Waals surface area contributed by atoms with E-state index in [2.05, 4.69) is 12.2 Å². The molecule has 0 saturated carbocycles. The van der Waals surface area contributed by atoms with E-state index in [-0.39, 0.29) is 12.1 Å². The fourth-order valence-electron chi connectivity index (χ4n) is 1.69. The lowest BCUT2D eigenvalue weighted by Crippen LogP contribution is -2.35. The van der Waals surface area contributed by atoms with Crippen molar-refractivity contribution >= 4 is 17.8 Å². The van der Waals surface area contributed by atoms with Gasteiger partial charge in [-0.05, 0) is 24.6 Å². The predicted molar refractivity (Wildman–Crippen MR) is 85.9 cm³/mol. The summed E-state index contributed by atoms with van der Waals surface area (Å²) >= 11 is 0. The summed E-state index contributed by atoms with van der Waals surface area (Å²) in [7, 11) is 1.47. The van der Waals surface area contributed by atoms with Gasteiger partial charge in [0.15, 0.2) is 18.1 Å². The van der Waals surface area contributed by atoms with Crippen molar-refractivity contribution < 1.29 is 28.6 Å². The van der Waals surface area contributed by atoms with E-state index in [0.29, 0.717) is 18.1 Å². The van der Waals surface area contributed by atoms with Crippen molar-refractivity contribution in [3.63, 3.8) is 0 Å². The first-order valence-electron chi connectivity index (χ1n) is 7.50. The lowest BCUT2D eigenvalue weighted by Gasteiger charge is -2.12. The van der Waals surface area contributed by atoms with Crippen LogP contribution in [0.5, 0.6) is 11.5 Å². The lowest BCUT2D eigenvalue weighted by molar-refractivity contribution is -0.127. The summed E-state index contributed by atoms with van der Waals surface area (Å²) in [4.78, 5) is 33.8. The standard InChI is InChI=1S/C16H22N2O6/c1-3-4-7-23-12-6-5-11(8-13(12)22-2)16(21)24-10-15(20)18-9-14(17)19/h5-6,8H,3-4,7,9-10H2,1-2H3,(H2,17,19)(H,18,20). The van der Waals surface area contributed by atoms with Crippen molar-refractivity contribution in [2.45, 2.75) is 19.8 Å². The van der Waals surface area contributed by atoms with Gasteiger partial charge in [-0.1, -0.05) is 13.3 Å². The van der Waals surface area contributed by atoms with Crippen molar-refractivity contribution in [3.05, 3.63) is 23.8 Å². The van der Waals surface area contributed by atoms with Gasteiger partial charge in [-0.2, -0.15) is 0 Å². The zero-order valence-corrected chi connectivity index (χ0v) is 13.8. The van der Waals surface area contributed by atoms with Crippen LogP contribution in [0.3, 0.4) is 0 Å². The number of unbranched alkanes of at least 4 members (excludes halogenated alkanes) is 1. The van der Waals surface area contributed by atoms with Crippen LogP contribution in [0.25, 0.3) is 0 Å². The molecule has 0 radical (unpaired) electrons. The number of carbonyl (C=O) groups excluding carboxylic acids is 3. The minimum atomic E-state index is -0.692. The first-order valence-corrected chi connectivity index (χ1v) is 7.50. The number of nitrogens with two attached hydrogens (primary N) is 1. The van der Waals surface area contributed by atoms with Crippen LogP contribution in [0.2, 0.25) is 0 Å². The molecule has 2 amide bonds.